The van der Waals surface area contributed by atoms with Crippen LogP contribution in [-0.4, -0.2) is 17.7 Å². The number of hydrogen-bond donors (Lipinski definition) is 1. The molecule has 1 aliphatic carbocycles. The zero-order valence-electron chi connectivity index (χ0n) is 12.2. The van der Waals surface area contributed by atoms with E-state index in [0.29, 0.717) is 11.5 Å². The van der Waals surface area contributed by atoms with Crippen LogP contribution in [0.5, 0.6) is 0 Å². The van der Waals surface area contributed by atoms with Gasteiger partial charge in [-0.05, 0) is 36.8 Å². The van der Waals surface area contributed by atoms with Crippen LogP contribution in [0, 0.1) is 0 Å². The summed E-state index contributed by atoms with van der Waals surface area (Å²) in [5.41, 5.74) is 1.89. The number of ether oxygens (including phenoxy) is 1. The van der Waals surface area contributed by atoms with E-state index in [2.05, 4.69) is 6.07 Å². The lowest BCUT2D eigenvalue weighted by molar-refractivity contribution is -0.153. The van der Waals surface area contributed by atoms with Gasteiger partial charge in [0.05, 0.1) is 6.61 Å². The molecule has 0 heterocycles. The number of aliphatic hydroxyl groups is 1. The largest absolute Gasteiger partial charge is 0.464 e. The molecule has 0 aliphatic heterocycles. The summed E-state index contributed by atoms with van der Waals surface area (Å²) >= 11 is 0. The second kappa shape index (κ2) is 7.44. The van der Waals surface area contributed by atoms with Gasteiger partial charge in [0.25, 0.3) is 0 Å². The normalized spacial score (nSPS) is 18.3. The van der Waals surface area contributed by atoms with Gasteiger partial charge in [0.2, 0.25) is 0 Å². The Balaban J connectivity index is 2.12. The Morgan fingerprint density at radius 3 is 2.65 bits per heavy atom. The van der Waals surface area contributed by atoms with Gasteiger partial charge in [-0.15, -0.1) is 0 Å². The number of rotatable bonds is 4. The number of carbonyl (C=O) groups is 1. The average molecular weight is 276 g/mol. The van der Waals surface area contributed by atoms with Crippen molar-refractivity contribution in [3.8, 4) is 0 Å². The minimum Gasteiger partial charge on any atom is -0.464 e. The zero-order chi connectivity index (χ0) is 14.4. The molecule has 110 valence electrons. The fourth-order valence-corrected chi connectivity index (χ4v) is 2.95. The van der Waals surface area contributed by atoms with E-state index in [9.17, 15) is 9.90 Å². The van der Waals surface area contributed by atoms with Crippen LogP contribution in [0.1, 0.15) is 68.6 Å². The summed E-state index contributed by atoms with van der Waals surface area (Å²) in [6.07, 6.45) is 6.44. The maximum absolute atomic E-state index is 11.6. The molecule has 1 saturated carbocycles. The van der Waals surface area contributed by atoms with Crippen molar-refractivity contribution in [3.05, 3.63) is 35.4 Å². The first kappa shape index (κ1) is 15.0. The molecule has 3 nitrogen and oxygen atoms in total. The predicted molar refractivity (Wildman–Crippen MR) is 78.5 cm³/mol. The van der Waals surface area contributed by atoms with E-state index in [1.54, 1.807) is 13.0 Å². The number of aliphatic hydroxyl groups excluding tert-OH is 1. The first-order valence-electron chi connectivity index (χ1n) is 7.67. The standard InChI is InChI=1S/C17H24O3/c1-2-20-17(19)16(18)15-11-7-10-14(12-15)13-8-5-3-4-6-9-13/h7,10-13,16,18H,2-6,8-9H2,1H3. The molecule has 0 spiro atoms. The van der Waals surface area contributed by atoms with Crippen LogP contribution in [0.15, 0.2) is 24.3 Å². The zero-order valence-corrected chi connectivity index (χ0v) is 12.2. The van der Waals surface area contributed by atoms with Crippen LogP contribution in [0.4, 0.5) is 0 Å². The van der Waals surface area contributed by atoms with Crippen molar-refractivity contribution >= 4 is 5.97 Å². The van der Waals surface area contributed by atoms with Crippen LogP contribution < -0.4 is 0 Å². The summed E-state index contributed by atoms with van der Waals surface area (Å²) < 4.78 is 4.87. The van der Waals surface area contributed by atoms with Gasteiger partial charge >= 0.3 is 5.97 Å². The Morgan fingerprint density at radius 2 is 2.00 bits per heavy atom. The summed E-state index contributed by atoms with van der Waals surface area (Å²) in [5.74, 6) is -0.00244. The molecule has 1 aliphatic rings. The first-order chi connectivity index (χ1) is 9.72. The highest BCUT2D eigenvalue weighted by atomic mass is 16.5. The van der Waals surface area contributed by atoms with Crippen LogP contribution in [0.25, 0.3) is 0 Å². The molecule has 0 radical (unpaired) electrons. The molecule has 1 N–H and O–H groups in total. The second-order valence-electron chi connectivity index (χ2n) is 5.51. The highest BCUT2D eigenvalue weighted by Crippen LogP contribution is 2.32. The third kappa shape index (κ3) is 3.83. The summed E-state index contributed by atoms with van der Waals surface area (Å²) in [7, 11) is 0. The Morgan fingerprint density at radius 1 is 1.30 bits per heavy atom. The second-order valence-corrected chi connectivity index (χ2v) is 5.51. The summed E-state index contributed by atoms with van der Waals surface area (Å²) in [6, 6.07) is 7.80. The van der Waals surface area contributed by atoms with Gasteiger partial charge in [-0.3, -0.25) is 0 Å². The Kier molecular flexibility index (Phi) is 5.60. The molecule has 0 aromatic heterocycles. The Labute approximate surface area is 121 Å². The van der Waals surface area contributed by atoms with Crippen LogP contribution in [0.3, 0.4) is 0 Å². The Hall–Kier alpha value is -1.35. The average Bonchev–Trinajstić information content (AvgIpc) is 2.76. The molecular formula is C17H24O3. The third-order valence-electron chi connectivity index (χ3n) is 4.06. The minimum atomic E-state index is -1.17. The SMILES string of the molecule is CCOC(=O)C(O)c1cccc(C2CCCCCC2)c1. The summed E-state index contributed by atoms with van der Waals surface area (Å²) in [6.45, 7) is 2.03. The van der Waals surface area contributed by atoms with E-state index in [-0.39, 0.29) is 6.61 Å². The molecule has 2 rings (SSSR count). The van der Waals surface area contributed by atoms with E-state index < -0.39 is 12.1 Å². The van der Waals surface area contributed by atoms with Crippen molar-refractivity contribution < 1.29 is 14.6 Å². The fraction of sp³-hybridized carbons (Fsp3) is 0.588. The molecule has 1 aromatic carbocycles. The maximum Gasteiger partial charge on any atom is 0.339 e. The molecule has 0 amide bonds. The number of carbonyl (C=O) groups excluding carboxylic acids is 1. The Bertz CT molecular complexity index is 434. The van der Waals surface area contributed by atoms with Crippen molar-refractivity contribution in [3.63, 3.8) is 0 Å². The molecule has 1 fully saturated rings. The molecule has 3 heteroatoms. The number of benzene rings is 1. The molecule has 20 heavy (non-hydrogen) atoms. The summed E-state index contributed by atoms with van der Waals surface area (Å²) in [4.78, 5) is 11.6. The lowest BCUT2D eigenvalue weighted by Gasteiger charge is -2.17. The molecule has 1 atom stereocenters. The van der Waals surface area contributed by atoms with Crippen molar-refractivity contribution in [2.45, 2.75) is 57.5 Å². The molecule has 1 aromatic rings. The quantitative estimate of drug-likeness (QED) is 0.673. The van der Waals surface area contributed by atoms with Gasteiger partial charge in [-0.2, -0.15) is 0 Å². The van der Waals surface area contributed by atoms with Gasteiger partial charge in [0.1, 0.15) is 0 Å². The maximum atomic E-state index is 11.6. The third-order valence-corrected chi connectivity index (χ3v) is 4.06. The van der Waals surface area contributed by atoms with E-state index in [1.165, 1.54) is 44.1 Å². The van der Waals surface area contributed by atoms with Gasteiger partial charge in [-0.25, -0.2) is 4.79 Å². The fourth-order valence-electron chi connectivity index (χ4n) is 2.95. The number of esters is 1. The molecule has 1 unspecified atom stereocenters. The lowest BCUT2D eigenvalue weighted by Crippen LogP contribution is -2.15. The lowest BCUT2D eigenvalue weighted by atomic mass is 9.90. The van der Waals surface area contributed by atoms with Crippen molar-refractivity contribution in [1.82, 2.24) is 0 Å². The highest BCUT2D eigenvalue weighted by Gasteiger charge is 2.20. The van der Waals surface area contributed by atoms with Crippen LogP contribution >= 0.6 is 0 Å². The molecule has 0 saturated heterocycles. The van der Waals surface area contributed by atoms with Crippen LogP contribution in [-0.2, 0) is 9.53 Å². The number of hydrogen-bond acceptors (Lipinski definition) is 3. The topological polar surface area (TPSA) is 46.5 Å². The summed E-state index contributed by atoms with van der Waals surface area (Å²) in [5, 5.41) is 10.0. The van der Waals surface area contributed by atoms with E-state index in [4.69, 9.17) is 4.74 Å². The van der Waals surface area contributed by atoms with Crippen molar-refractivity contribution in [2.75, 3.05) is 6.61 Å². The van der Waals surface area contributed by atoms with Gasteiger partial charge in [0, 0.05) is 0 Å². The highest BCUT2D eigenvalue weighted by molar-refractivity contribution is 5.76. The van der Waals surface area contributed by atoms with E-state index >= 15 is 0 Å². The molecule has 0 bridgehead atoms. The van der Waals surface area contributed by atoms with Gasteiger partial charge in [0.15, 0.2) is 6.10 Å². The monoisotopic (exact) mass is 276 g/mol. The van der Waals surface area contributed by atoms with Crippen molar-refractivity contribution in [2.24, 2.45) is 0 Å². The van der Waals surface area contributed by atoms with Crippen LogP contribution in [0.2, 0.25) is 0 Å². The van der Waals surface area contributed by atoms with E-state index in [1.807, 2.05) is 12.1 Å². The minimum absolute atomic E-state index is 0.290. The molecular weight excluding hydrogens is 252 g/mol. The predicted octanol–water partition coefficient (Wildman–Crippen LogP) is 3.72. The first-order valence-corrected chi connectivity index (χ1v) is 7.67. The van der Waals surface area contributed by atoms with E-state index in [0.717, 1.165) is 0 Å². The van der Waals surface area contributed by atoms with Gasteiger partial charge in [-0.1, -0.05) is 49.9 Å². The van der Waals surface area contributed by atoms with Crippen molar-refractivity contribution in [1.29, 1.82) is 0 Å². The smallest absolute Gasteiger partial charge is 0.339 e. The van der Waals surface area contributed by atoms with Gasteiger partial charge < -0.3 is 9.84 Å².